The van der Waals surface area contributed by atoms with Crippen LogP contribution in [0.1, 0.15) is 11.0 Å². The quantitative estimate of drug-likeness (QED) is 0.778. The van der Waals surface area contributed by atoms with Gasteiger partial charge in [-0.05, 0) is 22.6 Å². The fraction of sp³-hybridized carbons (Fsp3) is 0.200. The van der Waals surface area contributed by atoms with Gasteiger partial charge in [0.15, 0.2) is 0 Å². The monoisotopic (exact) mass is 265 g/mol. The van der Waals surface area contributed by atoms with E-state index in [1.165, 1.54) is 11.3 Å². The predicted molar refractivity (Wildman–Crippen MR) is 47.4 cm³/mol. The van der Waals surface area contributed by atoms with Crippen molar-refractivity contribution in [1.29, 1.82) is 5.26 Å². The first-order valence-electron chi connectivity index (χ1n) is 2.50. The van der Waals surface area contributed by atoms with Crippen molar-refractivity contribution in [2.24, 2.45) is 5.73 Å². The number of thiazole rings is 1. The molecular weight excluding hydrogens is 261 g/mol. The summed E-state index contributed by atoms with van der Waals surface area (Å²) in [5.74, 6) is 0. The average molecular weight is 265 g/mol. The number of halogens is 1. The molecule has 1 heterocycles. The molecule has 0 fully saturated rings. The average Bonchev–Trinajstić information content (AvgIpc) is 2.34. The molecule has 0 aliphatic carbocycles. The van der Waals surface area contributed by atoms with Crippen LogP contribution < -0.4 is 5.73 Å². The van der Waals surface area contributed by atoms with Crippen LogP contribution in [0, 0.1) is 14.2 Å². The van der Waals surface area contributed by atoms with Crippen molar-refractivity contribution in [2.75, 3.05) is 0 Å². The maximum Gasteiger partial charge on any atom is 0.145 e. The normalized spacial score (nSPS) is 12.5. The van der Waals surface area contributed by atoms with Crippen LogP contribution in [0.15, 0.2) is 6.20 Å². The number of nitrogens with two attached hydrogens (primary N) is 1. The van der Waals surface area contributed by atoms with E-state index in [4.69, 9.17) is 11.0 Å². The van der Waals surface area contributed by atoms with Gasteiger partial charge in [-0.25, -0.2) is 4.98 Å². The Morgan fingerprint density at radius 2 is 2.60 bits per heavy atom. The van der Waals surface area contributed by atoms with Crippen molar-refractivity contribution in [3.63, 3.8) is 0 Å². The lowest BCUT2D eigenvalue weighted by Crippen LogP contribution is -2.05. The number of rotatable bonds is 1. The van der Waals surface area contributed by atoms with E-state index in [0.29, 0.717) is 5.01 Å². The zero-order valence-electron chi connectivity index (χ0n) is 4.91. The van der Waals surface area contributed by atoms with Crippen LogP contribution in [0.25, 0.3) is 0 Å². The van der Waals surface area contributed by atoms with E-state index in [1.54, 1.807) is 6.20 Å². The molecule has 3 nitrogen and oxygen atoms in total. The smallest absolute Gasteiger partial charge is 0.145 e. The minimum atomic E-state index is -0.562. The van der Waals surface area contributed by atoms with Gasteiger partial charge in [-0.1, -0.05) is 0 Å². The third-order valence-electron chi connectivity index (χ3n) is 0.900. The van der Waals surface area contributed by atoms with Crippen LogP contribution in [-0.2, 0) is 0 Å². The lowest BCUT2D eigenvalue weighted by Gasteiger charge is -1.91. The molecule has 0 saturated carbocycles. The maximum absolute atomic E-state index is 8.39. The Morgan fingerprint density at radius 1 is 1.90 bits per heavy atom. The van der Waals surface area contributed by atoms with Gasteiger partial charge in [-0.3, -0.25) is 0 Å². The van der Waals surface area contributed by atoms with E-state index in [-0.39, 0.29) is 0 Å². The van der Waals surface area contributed by atoms with E-state index in [0.717, 1.165) is 2.88 Å². The van der Waals surface area contributed by atoms with Crippen LogP contribution in [-0.4, -0.2) is 4.98 Å². The largest absolute Gasteiger partial charge is 0.310 e. The summed E-state index contributed by atoms with van der Waals surface area (Å²) in [7, 11) is 0. The third-order valence-corrected chi connectivity index (χ3v) is 2.71. The second kappa shape index (κ2) is 3.27. The highest BCUT2D eigenvalue weighted by molar-refractivity contribution is 14.1. The molecule has 5 heteroatoms. The highest BCUT2D eigenvalue weighted by Gasteiger charge is 2.07. The van der Waals surface area contributed by atoms with Crippen LogP contribution in [0.4, 0.5) is 0 Å². The van der Waals surface area contributed by atoms with Crippen molar-refractivity contribution in [1.82, 2.24) is 4.98 Å². The van der Waals surface area contributed by atoms with E-state index in [2.05, 4.69) is 27.6 Å². The molecule has 0 aromatic carbocycles. The van der Waals surface area contributed by atoms with Crippen molar-refractivity contribution < 1.29 is 0 Å². The Balaban J connectivity index is 2.87. The van der Waals surface area contributed by atoms with Crippen LogP contribution in [0.3, 0.4) is 0 Å². The Hall–Kier alpha value is -0.190. The molecule has 0 saturated heterocycles. The van der Waals surface area contributed by atoms with Crippen molar-refractivity contribution >= 4 is 33.9 Å². The molecule has 1 atom stereocenters. The summed E-state index contributed by atoms with van der Waals surface area (Å²) in [6, 6.07) is 1.36. The summed E-state index contributed by atoms with van der Waals surface area (Å²) in [5, 5.41) is 9.07. The van der Waals surface area contributed by atoms with Gasteiger partial charge < -0.3 is 5.73 Å². The predicted octanol–water partition coefficient (Wildman–Crippen LogP) is 1.27. The molecule has 0 spiro atoms. The highest BCUT2D eigenvalue weighted by atomic mass is 127. The topological polar surface area (TPSA) is 62.7 Å². The Kier molecular flexibility index (Phi) is 2.59. The minimum Gasteiger partial charge on any atom is -0.310 e. The number of aromatic nitrogens is 1. The Bertz CT molecular complexity index is 264. The summed E-state index contributed by atoms with van der Waals surface area (Å²) in [6.45, 7) is 0. The second-order valence-electron chi connectivity index (χ2n) is 1.61. The zero-order valence-corrected chi connectivity index (χ0v) is 7.89. The van der Waals surface area contributed by atoms with Crippen LogP contribution in [0.2, 0.25) is 0 Å². The molecule has 0 aliphatic heterocycles. The summed E-state index contributed by atoms with van der Waals surface area (Å²) < 4.78 is 1.05. The summed E-state index contributed by atoms with van der Waals surface area (Å²) >= 11 is 3.59. The molecule has 10 heavy (non-hydrogen) atoms. The first kappa shape index (κ1) is 7.91. The molecule has 0 amide bonds. The molecule has 1 rings (SSSR count). The van der Waals surface area contributed by atoms with Crippen molar-refractivity contribution in [3.8, 4) is 6.07 Å². The number of hydrogen-bond acceptors (Lipinski definition) is 4. The van der Waals surface area contributed by atoms with Gasteiger partial charge in [0.1, 0.15) is 11.0 Å². The molecule has 1 aromatic heterocycles. The summed E-state index contributed by atoms with van der Waals surface area (Å²) in [4.78, 5) is 3.95. The maximum atomic E-state index is 8.39. The molecule has 0 bridgehead atoms. The van der Waals surface area contributed by atoms with Gasteiger partial charge in [-0.2, -0.15) is 5.26 Å². The lowest BCUT2D eigenvalue weighted by atomic mass is 10.4. The first-order chi connectivity index (χ1) is 4.74. The summed E-state index contributed by atoms with van der Waals surface area (Å²) in [5.41, 5.74) is 5.39. The van der Waals surface area contributed by atoms with Gasteiger partial charge in [0.05, 0.1) is 15.1 Å². The second-order valence-corrected chi connectivity index (χ2v) is 4.57. The molecular formula is C5H4IN3S. The molecule has 2 N–H and O–H groups in total. The third kappa shape index (κ3) is 1.65. The van der Waals surface area contributed by atoms with Crippen molar-refractivity contribution in [3.05, 3.63) is 14.1 Å². The Morgan fingerprint density at radius 3 is 3.00 bits per heavy atom. The van der Waals surface area contributed by atoms with Gasteiger partial charge in [0.25, 0.3) is 0 Å². The number of hydrogen-bond donors (Lipinski definition) is 1. The SMILES string of the molecule is N#CC(N)c1ncc(I)s1. The van der Waals surface area contributed by atoms with E-state index < -0.39 is 6.04 Å². The fourth-order valence-corrected chi connectivity index (χ4v) is 1.87. The summed E-state index contributed by atoms with van der Waals surface area (Å²) in [6.07, 6.45) is 1.71. The molecule has 0 radical (unpaired) electrons. The van der Waals surface area contributed by atoms with E-state index in [9.17, 15) is 0 Å². The minimum absolute atomic E-state index is 0.562. The van der Waals surface area contributed by atoms with Gasteiger partial charge in [0.2, 0.25) is 0 Å². The van der Waals surface area contributed by atoms with Gasteiger partial charge >= 0.3 is 0 Å². The van der Waals surface area contributed by atoms with E-state index >= 15 is 0 Å². The van der Waals surface area contributed by atoms with Crippen molar-refractivity contribution in [2.45, 2.75) is 6.04 Å². The van der Waals surface area contributed by atoms with Gasteiger partial charge in [-0.15, -0.1) is 11.3 Å². The number of nitriles is 1. The van der Waals surface area contributed by atoms with E-state index in [1.807, 2.05) is 6.07 Å². The fourth-order valence-electron chi connectivity index (χ4n) is 0.466. The molecule has 0 aliphatic rings. The van der Waals surface area contributed by atoms with Crippen LogP contribution in [0.5, 0.6) is 0 Å². The lowest BCUT2D eigenvalue weighted by molar-refractivity contribution is 0.908. The van der Waals surface area contributed by atoms with Crippen LogP contribution >= 0.6 is 33.9 Å². The molecule has 1 unspecified atom stereocenters. The molecule has 52 valence electrons. The standard InChI is InChI=1S/C5H4IN3S/c6-4-2-9-5(10-4)3(8)1-7/h2-3H,8H2. The molecule has 1 aromatic rings. The Labute approximate surface area is 76.0 Å². The van der Waals surface area contributed by atoms with Gasteiger partial charge in [0, 0.05) is 0 Å². The zero-order chi connectivity index (χ0) is 7.56. The highest BCUT2D eigenvalue weighted by Crippen LogP contribution is 2.18. The number of nitrogens with zero attached hydrogens (tertiary/aromatic N) is 2. The first-order valence-corrected chi connectivity index (χ1v) is 4.40.